The Balaban J connectivity index is 1.57. The topological polar surface area (TPSA) is 44.1 Å². The molecule has 0 unspecified atom stereocenters. The van der Waals surface area contributed by atoms with Crippen molar-refractivity contribution in [2.24, 2.45) is 0 Å². The van der Waals surface area contributed by atoms with Gasteiger partial charge in [0.1, 0.15) is 5.75 Å². The number of hydrogen-bond donors (Lipinski definition) is 0. The molecule has 0 bridgehead atoms. The molecule has 0 aliphatic rings. The number of carbonyl (C=O) groups is 1. The van der Waals surface area contributed by atoms with Gasteiger partial charge in [-0.25, -0.2) is 0 Å². The maximum atomic E-state index is 11.9. The Labute approximate surface area is 149 Å². The molecule has 1 heterocycles. The molecule has 0 aliphatic carbocycles. The van der Waals surface area contributed by atoms with Crippen LogP contribution in [0.15, 0.2) is 65.4 Å². The Kier molecular flexibility index (Phi) is 5.11. The molecule has 0 fully saturated rings. The second-order valence-corrected chi connectivity index (χ2v) is 6.45. The number of ether oxygens (including phenoxy) is 1. The van der Waals surface area contributed by atoms with E-state index in [1.807, 2.05) is 61.7 Å². The van der Waals surface area contributed by atoms with Gasteiger partial charge in [-0.2, -0.15) is 5.10 Å². The molecule has 3 rings (SSSR count). The van der Waals surface area contributed by atoms with Gasteiger partial charge < -0.3 is 4.74 Å². The van der Waals surface area contributed by atoms with Crippen LogP contribution in [0.5, 0.6) is 5.75 Å². The van der Waals surface area contributed by atoms with Crippen LogP contribution in [-0.4, -0.2) is 15.7 Å². The van der Waals surface area contributed by atoms with E-state index in [2.05, 4.69) is 21.0 Å². The van der Waals surface area contributed by atoms with Crippen LogP contribution in [0, 0.1) is 6.92 Å². The molecule has 122 valence electrons. The highest BCUT2D eigenvalue weighted by atomic mass is 79.9. The predicted molar refractivity (Wildman–Crippen MR) is 96.8 cm³/mol. The van der Waals surface area contributed by atoms with Gasteiger partial charge >= 0.3 is 5.97 Å². The van der Waals surface area contributed by atoms with Gasteiger partial charge in [-0.15, -0.1) is 0 Å². The van der Waals surface area contributed by atoms with Crippen molar-refractivity contribution in [2.45, 2.75) is 19.9 Å². The van der Waals surface area contributed by atoms with Crippen LogP contribution in [0.2, 0.25) is 0 Å². The molecule has 2 aromatic carbocycles. The SMILES string of the molecule is Cc1cnn(CCC(=O)Oc2ccc(-c3ccc(Br)cc3)cc2)c1. The maximum absolute atomic E-state index is 11.9. The lowest BCUT2D eigenvalue weighted by Gasteiger charge is -2.06. The molecule has 0 saturated heterocycles. The van der Waals surface area contributed by atoms with Crippen molar-refractivity contribution in [1.82, 2.24) is 9.78 Å². The number of aromatic nitrogens is 2. The molecule has 3 aromatic rings. The van der Waals surface area contributed by atoms with Crippen LogP contribution in [0.25, 0.3) is 11.1 Å². The Morgan fingerprint density at radius 1 is 1.08 bits per heavy atom. The zero-order chi connectivity index (χ0) is 16.9. The Bertz CT molecular complexity index is 823. The minimum atomic E-state index is -0.264. The first-order chi connectivity index (χ1) is 11.6. The van der Waals surface area contributed by atoms with Crippen LogP contribution in [0.1, 0.15) is 12.0 Å². The predicted octanol–water partition coefficient (Wildman–Crippen LogP) is 4.62. The standard InChI is InChI=1S/C19H17BrN2O2/c1-14-12-21-22(13-14)11-10-19(23)24-18-8-4-16(5-9-18)15-2-6-17(20)7-3-15/h2-9,12-13H,10-11H2,1H3. The molecule has 0 saturated carbocycles. The van der Waals surface area contributed by atoms with E-state index < -0.39 is 0 Å². The van der Waals surface area contributed by atoms with Crippen molar-refractivity contribution < 1.29 is 9.53 Å². The smallest absolute Gasteiger partial charge is 0.313 e. The largest absolute Gasteiger partial charge is 0.426 e. The van der Waals surface area contributed by atoms with Gasteiger partial charge in [0.05, 0.1) is 19.2 Å². The van der Waals surface area contributed by atoms with E-state index in [-0.39, 0.29) is 12.4 Å². The van der Waals surface area contributed by atoms with Gasteiger partial charge in [0.2, 0.25) is 0 Å². The zero-order valence-corrected chi connectivity index (χ0v) is 14.9. The minimum absolute atomic E-state index is 0.264. The molecule has 4 nitrogen and oxygen atoms in total. The molecule has 0 spiro atoms. The highest BCUT2D eigenvalue weighted by molar-refractivity contribution is 9.10. The molecular weight excluding hydrogens is 368 g/mol. The normalized spacial score (nSPS) is 10.6. The van der Waals surface area contributed by atoms with Crippen molar-refractivity contribution in [3.63, 3.8) is 0 Å². The molecular formula is C19H17BrN2O2. The summed E-state index contributed by atoms with van der Waals surface area (Å²) in [5, 5.41) is 4.15. The minimum Gasteiger partial charge on any atom is -0.426 e. The molecule has 0 aliphatic heterocycles. The lowest BCUT2D eigenvalue weighted by Crippen LogP contribution is -2.12. The van der Waals surface area contributed by atoms with E-state index in [0.717, 1.165) is 21.2 Å². The fourth-order valence-corrected chi connectivity index (χ4v) is 2.60. The highest BCUT2D eigenvalue weighted by Crippen LogP contribution is 2.24. The summed E-state index contributed by atoms with van der Waals surface area (Å²) in [4.78, 5) is 11.9. The van der Waals surface area contributed by atoms with E-state index in [0.29, 0.717) is 12.3 Å². The summed E-state index contributed by atoms with van der Waals surface area (Å²) in [7, 11) is 0. The third-order valence-corrected chi connectivity index (χ3v) is 4.10. The monoisotopic (exact) mass is 384 g/mol. The average molecular weight is 385 g/mol. The number of nitrogens with zero attached hydrogens (tertiary/aromatic N) is 2. The van der Waals surface area contributed by atoms with Gasteiger partial charge in [-0.3, -0.25) is 9.48 Å². The first kappa shape index (κ1) is 16.5. The highest BCUT2D eigenvalue weighted by Gasteiger charge is 2.06. The summed E-state index contributed by atoms with van der Waals surface area (Å²) in [5.41, 5.74) is 3.27. The Morgan fingerprint density at radius 2 is 1.71 bits per heavy atom. The number of halogens is 1. The summed E-state index contributed by atoms with van der Waals surface area (Å²) in [5.74, 6) is 0.289. The Morgan fingerprint density at radius 3 is 2.29 bits per heavy atom. The third-order valence-electron chi connectivity index (χ3n) is 3.57. The maximum Gasteiger partial charge on any atom is 0.313 e. The van der Waals surface area contributed by atoms with E-state index in [1.54, 1.807) is 10.9 Å². The van der Waals surface area contributed by atoms with Crippen LogP contribution < -0.4 is 4.74 Å². The van der Waals surface area contributed by atoms with Crippen molar-refractivity contribution >= 4 is 21.9 Å². The van der Waals surface area contributed by atoms with Gasteiger partial charge in [0.15, 0.2) is 0 Å². The van der Waals surface area contributed by atoms with Gasteiger partial charge in [-0.05, 0) is 47.9 Å². The summed E-state index contributed by atoms with van der Waals surface area (Å²) in [6.45, 7) is 2.48. The number of rotatable bonds is 5. The number of esters is 1. The van der Waals surface area contributed by atoms with Crippen LogP contribution in [0.3, 0.4) is 0 Å². The van der Waals surface area contributed by atoms with Crippen LogP contribution >= 0.6 is 15.9 Å². The van der Waals surface area contributed by atoms with Gasteiger partial charge in [0, 0.05) is 10.7 Å². The fourth-order valence-electron chi connectivity index (χ4n) is 2.34. The second-order valence-electron chi connectivity index (χ2n) is 5.54. The molecule has 1 aromatic heterocycles. The number of benzene rings is 2. The quantitative estimate of drug-likeness (QED) is 0.476. The fraction of sp³-hybridized carbons (Fsp3) is 0.158. The van der Waals surface area contributed by atoms with Crippen molar-refractivity contribution in [3.05, 3.63) is 71.0 Å². The zero-order valence-electron chi connectivity index (χ0n) is 13.3. The molecule has 0 radical (unpaired) electrons. The van der Waals surface area contributed by atoms with Crippen LogP contribution in [0.4, 0.5) is 0 Å². The first-order valence-electron chi connectivity index (χ1n) is 7.66. The lowest BCUT2D eigenvalue weighted by molar-refractivity contribution is -0.134. The average Bonchev–Trinajstić information content (AvgIpc) is 3.00. The van der Waals surface area contributed by atoms with Crippen LogP contribution in [-0.2, 0) is 11.3 Å². The summed E-state index contributed by atoms with van der Waals surface area (Å²) in [6.07, 6.45) is 3.96. The van der Waals surface area contributed by atoms with Crippen molar-refractivity contribution in [3.8, 4) is 16.9 Å². The van der Waals surface area contributed by atoms with E-state index >= 15 is 0 Å². The van der Waals surface area contributed by atoms with Crippen molar-refractivity contribution in [1.29, 1.82) is 0 Å². The van der Waals surface area contributed by atoms with Gasteiger partial charge in [0.25, 0.3) is 0 Å². The van der Waals surface area contributed by atoms with Gasteiger partial charge in [-0.1, -0.05) is 40.2 Å². The van der Waals surface area contributed by atoms with E-state index in [1.165, 1.54) is 0 Å². The second kappa shape index (κ2) is 7.45. The summed E-state index contributed by atoms with van der Waals surface area (Å²) < 4.78 is 8.15. The molecule has 5 heteroatoms. The summed E-state index contributed by atoms with van der Waals surface area (Å²) in [6, 6.07) is 15.6. The molecule has 0 N–H and O–H groups in total. The lowest BCUT2D eigenvalue weighted by atomic mass is 10.1. The first-order valence-corrected chi connectivity index (χ1v) is 8.45. The Hall–Kier alpha value is -2.40. The molecule has 0 amide bonds. The third kappa shape index (κ3) is 4.32. The van der Waals surface area contributed by atoms with E-state index in [9.17, 15) is 4.79 Å². The summed E-state index contributed by atoms with van der Waals surface area (Å²) >= 11 is 3.43. The number of hydrogen-bond acceptors (Lipinski definition) is 3. The molecule has 24 heavy (non-hydrogen) atoms. The number of aryl methyl sites for hydroxylation is 2. The number of carbonyl (C=O) groups excluding carboxylic acids is 1. The van der Waals surface area contributed by atoms with E-state index in [4.69, 9.17) is 4.74 Å². The molecule has 0 atom stereocenters. The van der Waals surface area contributed by atoms with Crippen molar-refractivity contribution in [2.75, 3.05) is 0 Å².